The van der Waals surface area contributed by atoms with Crippen LogP contribution in [-0.4, -0.2) is 34.7 Å². The Morgan fingerprint density at radius 1 is 1.48 bits per heavy atom. The number of hydrogen-bond acceptors (Lipinski definition) is 4. The van der Waals surface area contributed by atoms with Crippen LogP contribution in [0.2, 0.25) is 0 Å². The molecule has 1 saturated heterocycles. The minimum Gasteiger partial charge on any atom is -0.448 e. The predicted molar refractivity (Wildman–Crippen MR) is 82.0 cm³/mol. The SMILES string of the molecule is CC(C)c1nc(CN2CCCC(CO)(CC3CC3)C2)co1. The molecule has 1 aliphatic heterocycles. The van der Waals surface area contributed by atoms with Crippen LogP contribution < -0.4 is 0 Å². The number of likely N-dealkylation sites (tertiary alicyclic amines) is 1. The van der Waals surface area contributed by atoms with Crippen molar-refractivity contribution in [3.8, 4) is 0 Å². The van der Waals surface area contributed by atoms with Crippen LogP contribution in [0.3, 0.4) is 0 Å². The predicted octanol–water partition coefficient (Wildman–Crippen LogP) is 3.17. The maximum atomic E-state index is 9.92. The fourth-order valence-corrected chi connectivity index (χ4v) is 3.63. The molecule has 1 atom stereocenters. The van der Waals surface area contributed by atoms with E-state index in [0.29, 0.717) is 12.5 Å². The van der Waals surface area contributed by atoms with Gasteiger partial charge in [0.1, 0.15) is 6.26 Å². The third-order valence-electron chi connectivity index (χ3n) is 4.94. The number of nitrogens with zero attached hydrogens (tertiary/aromatic N) is 2. The lowest BCUT2D eigenvalue weighted by molar-refractivity contribution is 0.0175. The Balaban J connectivity index is 1.61. The van der Waals surface area contributed by atoms with Crippen LogP contribution in [0.4, 0.5) is 0 Å². The van der Waals surface area contributed by atoms with E-state index in [9.17, 15) is 5.11 Å². The zero-order valence-corrected chi connectivity index (χ0v) is 13.3. The van der Waals surface area contributed by atoms with Gasteiger partial charge in [-0.05, 0) is 31.7 Å². The standard InChI is InChI=1S/C17H28N2O2/c1-13(2)16-18-15(10-21-16)9-19-7-3-6-17(11-19,12-20)8-14-4-5-14/h10,13-14,20H,3-9,11-12H2,1-2H3. The lowest BCUT2D eigenvalue weighted by Crippen LogP contribution is -2.45. The first-order valence-corrected chi connectivity index (χ1v) is 8.38. The summed E-state index contributed by atoms with van der Waals surface area (Å²) in [6.07, 6.45) is 8.09. The van der Waals surface area contributed by atoms with Crippen LogP contribution >= 0.6 is 0 Å². The monoisotopic (exact) mass is 292 g/mol. The van der Waals surface area contributed by atoms with Crippen molar-refractivity contribution in [3.63, 3.8) is 0 Å². The van der Waals surface area contributed by atoms with Gasteiger partial charge in [0.15, 0.2) is 5.89 Å². The average molecular weight is 292 g/mol. The van der Waals surface area contributed by atoms with E-state index in [0.717, 1.165) is 37.1 Å². The number of aromatic nitrogens is 1. The number of hydrogen-bond donors (Lipinski definition) is 1. The van der Waals surface area contributed by atoms with Crippen molar-refractivity contribution in [1.82, 2.24) is 9.88 Å². The maximum Gasteiger partial charge on any atom is 0.196 e. The smallest absolute Gasteiger partial charge is 0.196 e. The van der Waals surface area contributed by atoms with Crippen molar-refractivity contribution in [2.24, 2.45) is 11.3 Å². The molecule has 2 fully saturated rings. The third kappa shape index (κ3) is 3.67. The maximum absolute atomic E-state index is 9.92. The van der Waals surface area contributed by atoms with E-state index >= 15 is 0 Å². The lowest BCUT2D eigenvalue weighted by atomic mass is 9.76. The number of rotatable bonds is 6. The van der Waals surface area contributed by atoms with E-state index in [1.54, 1.807) is 6.26 Å². The van der Waals surface area contributed by atoms with Gasteiger partial charge in [-0.1, -0.05) is 26.7 Å². The number of piperidine rings is 1. The first kappa shape index (κ1) is 15.0. The molecule has 1 aromatic heterocycles. The molecule has 4 heteroatoms. The Hall–Kier alpha value is -0.870. The van der Waals surface area contributed by atoms with E-state index in [1.165, 1.54) is 32.1 Å². The largest absolute Gasteiger partial charge is 0.448 e. The van der Waals surface area contributed by atoms with Crippen molar-refractivity contribution in [1.29, 1.82) is 0 Å². The Morgan fingerprint density at radius 2 is 2.29 bits per heavy atom. The highest BCUT2D eigenvalue weighted by Gasteiger charge is 2.39. The van der Waals surface area contributed by atoms with E-state index in [4.69, 9.17) is 4.42 Å². The minimum atomic E-state index is 0.129. The lowest BCUT2D eigenvalue weighted by Gasteiger charge is -2.42. The highest BCUT2D eigenvalue weighted by atomic mass is 16.3. The first-order valence-electron chi connectivity index (χ1n) is 8.38. The molecule has 21 heavy (non-hydrogen) atoms. The second-order valence-electron chi connectivity index (χ2n) is 7.45. The number of aliphatic hydroxyl groups is 1. The van der Waals surface area contributed by atoms with Crippen molar-refractivity contribution < 1.29 is 9.52 Å². The van der Waals surface area contributed by atoms with Gasteiger partial charge in [0.05, 0.1) is 5.69 Å². The molecule has 1 N–H and O–H groups in total. The molecule has 0 bridgehead atoms. The molecule has 0 radical (unpaired) electrons. The molecule has 0 aromatic carbocycles. The second kappa shape index (κ2) is 6.09. The van der Waals surface area contributed by atoms with Crippen LogP contribution in [0, 0.1) is 11.3 Å². The van der Waals surface area contributed by atoms with Gasteiger partial charge in [-0.3, -0.25) is 4.90 Å². The van der Waals surface area contributed by atoms with Gasteiger partial charge in [-0.15, -0.1) is 0 Å². The Kier molecular flexibility index (Phi) is 4.36. The molecule has 1 aliphatic carbocycles. The van der Waals surface area contributed by atoms with Crippen LogP contribution in [0.5, 0.6) is 0 Å². The molecule has 1 saturated carbocycles. The molecule has 118 valence electrons. The van der Waals surface area contributed by atoms with Gasteiger partial charge >= 0.3 is 0 Å². The Morgan fingerprint density at radius 3 is 2.90 bits per heavy atom. The Bertz CT molecular complexity index is 467. The van der Waals surface area contributed by atoms with E-state index in [-0.39, 0.29) is 5.41 Å². The minimum absolute atomic E-state index is 0.129. The molecule has 0 spiro atoms. The molecule has 2 aliphatic rings. The van der Waals surface area contributed by atoms with Crippen molar-refractivity contribution >= 4 is 0 Å². The van der Waals surface area contributed by atoms with Gasteiger partial charge in [-0.2, -0.15) is 0 Å². The topological polar surface area (TPSA) is 49.5 Å². The van der Waals surface area contributed by atoms with Crippen molar-refractivity contribution in [3.05, 3.63) is 17.8 Å². The van der Waals surface area contributed by atoms with E-state index < -0.39 is 0 Å². The van der Waals surface area contributed by atoms with E-state index in [2.05, 4.69) is 23.7 Å². The van der Waals surface area contributed by atoms with Crippen LogP contribution in [0.1, 0.15) is 63.5 Å². The summed E-state index contributed by atoms with van der Waals surface area (Å²) in [5.74, 6) is 2.04. The van der Waals surface area contributed by atoms with Gasteiger partial charge in [0.25, 0.3) is 0 Å². The zero-order chi connectivity index (χ0) is 14.9. The number of oxazole rings is 1. The van der Waals surface area contributed by atoms with Crippen LogP contribution in [-0.2, 0) is 6.54 Å². The number of aliphatic hydroxyl groups excluding tert-OH is 1. The molecular formula is C17H28N2O2. The van der Waals surface area contributed by atoms with Gasteiger partial charge in [0, 0.05) is 31.0 Å². The molecule has 1 aromatic rings. The van der Waals surface area contributed by atoms with Gasteiger partial charge < -0.3 is 9.52 Å². The second-order valence-corrected chi connectivity index (χ2v) is 7.45. The fourth-order valence-electron chi connectivity index (χ4n) is 3.63. The summed E-state index contributed by atoms with van der Waals surface area (Å²) >= 11 is 0. The Labute approximate surface area is 127 Å². The summed E-state index contributed by atoms with van der Waals surface area (Å²) in [6, 6.07) is 0. The van der Waals surface area contributed by atoms with Gasteiger partial charge in [-0.25, -0.2) is 4.98 Å². The highest BCUT2D eigenvalue weighted by Crippen LogP contribution is 2.44. The van der Waals surface area contributed by atoms with Gasteiger partial charge in [0.2, 0.25) is 0 Å². The third-order valence-corrected chi connectivity index (χ3v) is 4.94. The summed E-state index contributed by atoms with van der Waals surface area (Å²) in [7, 11) is 0. The molecular weight excluding hydrogens is 264 g/mol. The summed E-state index contributed by atoms with van der Waals surface area (Å²) in [5.41, 5.74) is 1.16. The summed E-state index contributed by atoms with van der Waals surface area (Å²) < 4.78 is 5.53. The summed E-state index contributed by atoms with van der Waals surface area (Å²) in [6.45, 7) is 7.49. The highest BCUT2D eigenvalue weighted by molar-refractivity contribution is 5.01. The van der Waals surface area contributed by atoms with Crippen LogP contribution in [0.15, 0.2) is 10.7 Å². The summed E-state index contributed by atoms with van der Waals surface area (Å²) in [5, 5.41) is 9.92. The molecule has 3 rings (SSSR count). The quantitative estimate of drug-likeness (QED) is 0.875. The fraction of sp³-hybridized carbons (Fsp3) is 0.824. The first-order chi connectivity index (χ1) is 10.1. The summed E-state index contributed by atoms with van der Waals surface area (Å²) in [4.78, 5) is 7.03. The van der Waals surface area contributed by atoms with Crippen molar-refractivity contribution in [2.75, 3.05) is 19.7 Å². The normalized spacial score (nSPS) is 27.4. The molecule has 2 heterocycles. The average Bonchev–Trinajstić information content (AvgIpc) is 3.14. The van der Waals surface area contributed by atoms with Crippen molar-refractivity contribution in [2.45, 2.75) is 58.4 Å². The zero-order valence-electron chi connectivity index (χ0n) is 13.3. The molecule has 4 nitrogen and oxygen atoms in total. The van der Waals surface area contributed by atoms with Crippen LogP contribution in [0.25, 0.3) is 0 Å². The molecule has 0 amide bonds. The van der Waals surface area contributed by atoms with E-state index in [1.807, 2.05) is 0 Å². The molecule has 1 unspecified atom stereocenters.